The Balaban J connectivity index is 3.27. The molecule has 6 heteroatoms. The molecule has 0 aromatic heterocycles. The molecule has 84 heavy (non-hydrogen) atoms. The van der Waals surface area contributed by atoms with Gasteiger partial charge in [0.15, 0.2) is 0 Å². The number of hydrogen-bond donors (Lipinski definition) is 3. The quantitative estimate of drug-likeness (QED) is 0.0417. The van der Waals surface area contributed by atoms with E-state index in [0.29, 0.717) is 25.9 Å². The van der Waals surface area contributed by atoms with Crippen LogP contribution in [0, 0.1) is 0 Å². The van der Waals surface area contributed by atoms with Gasteiger partial charge in [-0.25, -0.2) is 0 Å². The average molecular weight is 1190 g/mol. The summed E-state index contributed by atoms with van der Waals surface area (Å²) in [6.07, 6.45) is 92.1. The molecular weight excluding hydrogens is 1030 g/mol. The van der Waals surface area contributed by atoms with Gasteiger partial charge in [-0.15, -0.1) is 0 Å². The summed E-state index contributed by atoms with van der Waals surface area (Å²) >= 11 is 0. The number of nitrogens with one attached hydrogen (secondary N) is 1. The van der Waals surface area contributed by atoms with Gasteiger partial charge in [-0.1, -0.05) is 425 Å². The molecule has 0 saturated heterocycles. The van der Waals surface area contributed by atoms with Crippen LogP contribution in [-0.2, 0) is 14.3 Å². The standard InChI is InChI=1S/C78H155NO5/c1-3-5-7-9-11-13-15-17-43-47-50-54-58-62-66-70-76(81)75(74-80)79-77(82)71-67-63-59-55-51-48-44-41-39-37-35-33-31-29-27-25-23-21-19-18-20-22-24-26-28-30-32-34-36-38-40-42-45-49-53-57-61-65-69-73-84-78(83)72-68-64-60-56-52-46-16-14-12-10-8-6-4-2/h75-76,80-81H,3-74H2,1-2H3,(H,79,82). The highest BCUT2D eigenvalue weighted by Crippen LogP contribution is 2.21. The average Bonchev–Trinajstić information content (AvgIpc) is 3.51. The van der Waals surface area contributed by atoms with E-state index >= 15 is 0 Å². The third-order valence-corrected chi connectivity index (χ3v) is 18.9. The lowest BCUT2D eigenvalue weighted by atomic mass is 10.0. The topological polar surface area (TPSA) is 95.9 Å². The van der Waals surface area contributed by atoms with E-state index in [4.69, 9.17) is 4.74 Å². The van der Waals surface area contributed by atoms with Crippen LogP contribution in [-0.4, -0.2) is 47.4 Å². The third kappa shape index (κ3) is 70.0. The maximum atomic E-state index is 12.5. The fraction of sp³-hybridized carbons (Fsp3) is 0.974. The summed E-state index contributed by atoms with van der Waals surface area (Å²) in [5.41, 5.74) is 0. The fourth-order valence-corrected chi connectivity index (χ4v) is 12.9. The molecule has 1 amide bonds. The highest BCUT2D eigenvalue weighted by atomic mass is 16.5. The van der Waals surface area contributed by atoms with Gasteiger partial charge in [0.05, 0.1) is 25.4 Å². The van der Waals surface area contributed by atoms with Gasteiger partial charge in [0, 0.05) is 12.8 Å². The number of rotatable bonds is 75. The van der Waals surface area contributed by atoms with Gasteiger partial charge < -0.3 is 20.3 Å². The molecule has 2 atom stereocenters. The molecule has 0 aliphatic heterocycles. The smallest absolute Gasteiger partial charge is 0.305 e. The number of hydrogen-bond acceptors (Lipinski definition) is 5. The first-order valence-corrected chi connectivity index (χ1v) is 39.3. The van der Waals surface area contributed by atoms with Crippen LogP contribution >= 0.6 is 0 Å². The zero-order valence-electron chi connectivity index (χ0n) is 57.7. The number of unbranched alkanes of at least 4 members (excludes halogenated alkanes) is 64. The van der Waals surface area contributed by atoms with Gasteiger partial charge in [0.2, 0.25) is 5.91 Å². The van der Waals surface area contributed by atoms with E-state index in [0.717, 1.165) is 38.5 Å². The van der Waals surface area contributed by atoms with Crippen LogP contribution in [0.4, 0.5) is 0 Å². The highest BCUT2D eigenvalue weighted by Gasteiger charge is 2.20. The van der Waals surface area contributed by atoms with Gasteiger partial charge >= 0.3 is 5.97 Å². The number of esters is 1. The minimum absolute atomic E-state index is 0.0246. The van der Waals surface area contributed by atoms with E-state index in [9.17, 15) is 19.8 Å². The number of aliphatic hydroxyl groups is 2. The lowest BCUT2D eigenvalue weighted by Crippen LogP contribution is -2.45. The third-order valence-electron chi connectivity index (χ3n) is 18.9. The molecule has 0 aromatic carbocycles. The van der Waals surface area contributed by atoms with E-state index < -0.39 is 12.1 Å². The second-order valence-electron chi connectivity index (χ2n) is 27.4. The number of ether oxygens (including phenoxy) is 1. The summed E-state index contributed by atoms with van der Waals surface area (Å²) in [4.78, 5) is 24.6. The summed E-state index contributed by atoms with van der Waals surface area (Å²) < 4.78 is 5.50. The van der Waals surface area contributed by atoms with Crippen LogP contribution in [0.25, 0.3) is 0 Å². The molecule has 0 radical (unpaired) electrons. The van der Waals surface area contributed by atoms with Crippen molar-refractivity contribution in [1.82, 2.24) is 5.32 Å². The molecule has 0 aliphatic carbocycles. The summed E-state index contributed by atoms with van der Waals surface area (Å²) in [6, 6.07) is -0.535. The normalized spacial score (nSPS) is 12.4. The van der Waals surface area contributed by atoms with Crippen molar-refractivity contribution in [3.8, 4) is 0 Å². The Hall–Kier alpha value is -1.14. The summed E-state index contributed by atoms with van der Waals surface area (Å²) in [7, 11) is 0. The maximum absolute atomic E-state index is 12.5. The molecule has 0 spiro atoms. The second kappa shape index (κ2) is 74.3. The van der Waals surface area contributed by atoms with Crippen LogP contribution in [0.2, 0.25) is 0 Å². The first-order valence-electron chi connectivity index (χ1n) is 39.3. The van der Waals surface area contributed by atoms with Gasteiger partial charge in [-0.05, 0) is 25.7 Å². The molecule has 6 nitrogen and oxygen atoms in total. The van der Waals surface area contributed by atoms with Crippen molar-refractivity contribution in [1.29, 1.82) is 0 Å². The minimum Gasteiger partial charge on any atom is -0.466 e. The van der Waals surface area contributed by atoms with E-state index in [1.165, 1.54) is 392 Å². The molecule has 0 rings (SSSR count). The zero-order chi connectivity index (χ0) is 60.6. The lowest BCUT2D eigenvalue weighted by Gasteiger charge is -2.22. The van der Waals surface area contributed by atoms with Crippen molar-refractivity contribution in [2.75, 3.05) is 13.2 Å². The minimum atomic E-state index is -0.659. The van der Waals surface area contributed by atoms with Gasteiger partial charge in [0.1, 0.15) is 0 Å². The molecule has 0 saturated carbocycles. The number of carbonyl (C=O) groups excluding carboxylic acids is 2. The van der Waals surface area contributed by atoms with Crippen LogP contribution < -0.4 is 5.32 Å². The molecule has 502 valence electrons. The van der Waals surface area contributed by atoms with Crippen LogP contribution in [0.1, 0.15) is 463 Å². The van der Waals surface area contributed by atoms with Crippen molar-refractivity contribution in [3.63, 3.8) is 0 Å². The van der Waals surface area contributed by atoms with Crippen molar-refractivity contribution in [3.05, 3.63) is 0 Å². The Kier molecular flexibility index (Phi) is 73.3. The molecule has 0 fully saturated rings. The van der Waals surface area contributed by atoms with Gasteiger partial charge in [-0.3, -0.25) is 9.59 Å². The molecule has 0 heterocycles. The Morgan fingerprint density at radius 3 is 0.726 bits per heavy atom. The van der Waals surface area contributed by atoms with E-state index in [1.54, 1.807) is 0 Å². The predicted octanol–water partition coefficient (Wildman–Crippen LogP) is 25.7. The fourth-order valence-electron chi connectivity index (χ4n) is 12.9. The summed E-state index contributed by atoms with van der Waals surface area (Å²) in [5, 5.41) is 23.4. The van der Waals surface area contributed by atoms with Crippen LogP contribution in [0.3, 0.4) is 0 Å². The molecule has 3 N–H and O–H groups in total. The Bertz CT molecular complexity index is 1230. The van der Waals surface area contributed by atoms with Crippen molar-refractivity contribution in [2.45, 2.75) is 475 Å². The van der Waals surface area contributed by atoms with Crippen molar-refractivity contribution < 1.29 is 24.5 Å². The highest BCUT2D eigenvalue weighted by molar-refractivity contribution is 5.76. The molecule has 2 unspecified atom stereocenters. The first-order chi connectivity index (χ1) is 41.5. The number of amides is 1. The van der Waals surface area contributed by atoms with Crippen molar-refractivity contribution >= 4 is 11.9 Å². The van der Waals surface area contributed by atoms with E-state index in [2.05, 4.69) is 19.2 Å². The first kappa shape index (κ1) is 82.9. The van der Waals surface area contributed by atoms with Crippen molar-refractivity contribution in [2.24, 2.45) is 0 Å². The van der Waals surface area contributed by atoms with Crippen LogP contribution in [0.15, 0.2) is 0 Å². The monoisotopic (exact) mass is 1190 g/mol. The van der Waals surface area contributed by atoms with Gasteiger partial charge in [-0.2, -0.15) is 0 Å². The van der Waals surface area contributed by atoms with Gasteiger partial charge in [0.25, 0.3) is 0 Å². The number of aliphatic hydroxyl groups excluding tert-OH is 2. The Labute approximate surface area is 527 Å². The molecular formula is C78H155NO5. The zero-order valence-corrected chi connectivity index (χ0v) is 57.7. The molecule has 0 bridgehead atoms. The van der Waals surface area contributed by atoms with E-state index in [-0.39, 0.29) is 18.5 Å². The maximum Gasteiger partial charge on any atom is 0.305 e. The van der Waals surface area contributed by atoms with E-state index in [1.807, 2.05) is 0 Å². The SMILES string of the molecule is CCCCCCCCCCCCCCCCCC(O)C(CO)NC(=O)CCCCCCCCCCCCCCCCCCCCCCCCCCCCCCCCCCCCCCCCCOC(=O)CCCCCCCCCCCCCCC. The number of carbonyl (C=O) groups is 2. The second-order valence-corrected chi connectivity index (χ2v) is 27.4. The summed E-state index contributed by atoms with van der Waals surface area (Å²) in [6.45, 7) is 5.01. The molecule has 0 aromatic rings. The Morgan fingerprint density at radius 2 is 0.488 bits per heavy atom. The largest absolute Gasteiger partial charge is 0.466 e. The molecule has 0 aliphatic rings. The Morgan fingerprint density at radius 1 is 0.286 bits per heavy atom. The lowest BCUT2D eigenvalue weighted by molar-refractivity contribution is -0.143. The summed E-state index contributed by atoms with van der Waals surface area (Å²) in [5.74, 6) is 0.00217. The van der Waals surface area contributed by atoms with Crippen LogP contribution in [0.5, 0.6) is 0 Å². The predicted molar refractivity (Wildman–Crippen MR) is 371 cm³/mol.